The lowest BCUT2D eigenvalue weighted by Gasteiger charge is -2.32. The molecule has 0 aliphatic carbocycles. The van der Waals surface area contributed by atoms with E-state index in [-0.39, 0.29) is 17.7 Å². The zero-order chi connectivity index (χ0) is 20.1. The Labute approximate surface area is 173 Å². The summed E-state index contributed by atoms with van der Waals surface area (Å²) in [5.41, 5.74) is 1.27. The van der Waals surface area contributed by atoms with Crippen LogP contribution in [0.5, 0.6) is 5.88 Å². The topological polar surface area (TPSA) is 71.5 Å². The van der Waals surface area contributed by atoms with Crippen LogP contribution in [-0.2, 0) is 11.3 Å². The molecule has 0 saturated carbocycles. The summed E-state index contributed by atoms with van der Waals surface area (Å²) in [6, 6.07) is 8.46. The van der Waals surface area contributed by atoms with Crippen molar-refractivity contribution in [2.75, 3.05) is 20.2 Å². The third kappa shape index (κ3) is 4.75. The number of nitrogens with one attached hydrogen (secondary N) is 1. The van der Waals surface area contributed by atoms with Gasteiger partial charge in [-0.2, -0.15) is 0 Å². The number of likely N-dealkylation sites (tertiary alicyclic amines) is 1. The van der Waals surface area contributed by atoms with E-state index < -0.39 is 0 Å². The van der Waals surface area contributed by atoms with E-state index in [9.17, 15) is 9.59 Å². The van der Waals surface area contributed by atoms with Crippen LogP contribution in [0, 0.1) is 5.92 Å². The Balaban J connectivity index is 1.61. The van der Waals surface area contributed by atoms with Gasteiger partial charge >= 0.3 is 0 Å². The second kappa shape index (κ2) is 9.26. The summed E-state index contributed by atoms with van der Waals surface area (Å²) in [6.07, 6.45) is 3.14. The van der Waals surface area contributed by atoms with Crippen LogP contribution in [0.4, 0.5) is 0 Å². The molecule has 0 radical (unpaired) electrons. The Hall–Kier alpha value is -2.31. The van der Waals surface area contributed by atoms with Gasteiger partial charge in [0, 0.05) is 37.0 Å². The predicted molar refractivity (Wildman–Crippen MR) is 108 cm³/mol. The number of hydrogen-bond acceptors (Lipinski definition) is 4. The normalized spacial score (nSPS) is 16.5. The number of rotatable bonds is 5. The van der Waals surface area contributed by atoms with Gasteiger partial charge in [-0.1, -0.05) is 29.3 Å². The third-order valence-corrected chi connectivity index (χ3v) is 5.48. The van der Waals surface area contributed by atoms with Crippen molar-refractivity contribution >= 4 is 35.0 Å². The van der Waals surface area contributed by atoms with E-state index in [2.05, 4.69) is 10.3 Å². The lowest BCUT2D eigenvalue weighted by molar-refractivity contribution is -0.126. The van der Waals surface area contributed by atoms with Gasteiger partial charge < -0.3 is 15.0 Å². The smallest absolute Gasteiger partial charge is 0.253 e. The maximum absolute atomic E-state index is 12.8. The van der Waals surface area contributed by atoms with Crippen molar-refractivity contribution in [1.82, 2.24) is 15.2 Å². The lowest BCUT2D eigenvalue weighted by Crippen LogP contribution is -2.45. The molecule has 1 fully saturated rings. The van der Waals surface area contributed by atoms with Gasteiger partial charge in [0.05, 0.1) is 23.1 Å². The molecule has 1 unspecified atom stereocenters. The zero-order valence-electron chi connectivity index (χ0n) is 15.5. The Bertz CT molecular complexity index is 876. The monoisotopic (exact) mass is 421 g/mol. The highest BCUT2D eigenvalue weighted by molar-refractivity contribution is 6.42. The number of nitrogens with zero attached hydrogens (tertiary/aromatic N) is 2. The van der Waals surface area contributed by atoms with Crippen molar-refractivity contribution in [3.8, 4) is 5.88 Å². The van der Waals surface area contributed by atoms with E-state index in [0.717, 1.165) is 18.4 Å². The average Bonchev–Trinajstić information content (AvgIpc) is 2.73. The molecule has 2 aromatic rings. The average molecular weight is 422 g/mol. The fraction of sp³-hybridized carbons (Fsp3) is 0.350. The number of benzene rings is 1. The summed E-state index contributed by atoms with van der Waals surface area (Å²) in [6.45, 7) is 1.31. The summed E-state index contributed by atoms with van der Waals surface area (Å²) < 4.78 is 5.20. The summed E-state index contributed by atoms with van der Waals surface area (Å²) in [5.74, 6) is -0.00598. The molecule has 1 atom stereocenters. The van der Waals surface area contributed by atoms with Gasteiger partial charge in [-0.3, -0.25) is 9.59 Å². The van der Waals surface area contributed by atoms with Crippen molar-refractivity contribution in [2.45, 2.75) is 19.4 Å². The fourth-order valence-corrected chi connectivity index (χ4v) is 3.55. The second-order valence-electron chi connectivity index (χ2n) is 6.61. The van der Waals surface area contributed by atoms with E-state index in [4.69, 9.17) is 27.9 Å². The van der Waals surface area contributed by atoms with E-state index in [1.165, 1.54) is 0 Å². The van der Waals surface area contributed by atoms with Crippen LogP contribution < -0.4 is 10.1 Å². The van der Waals surface area contributed by atoms with Crippen LogP contribution in [0.15, 0.2) is 36.5 Å². The SMILES string of the molecule is COc1ncccc1CNC(=O)C1CCCN(C(=O)c2ccc(Cl)c(Cl)c2)C1. The Kier molecular flexibility index (Phi) is 6.75. The number of carbonyl (C=O) groups is 2. The van der Waals surface area contributed by atoms with Crippen LogP contribution in [0.1, 0.15) is 28.8 Å². The molecule has 8 heteroatoms. The van der Waals surface area contributed by atoms with Gasteiger partial charge in [0.15, 0.2) is 0 Å². The van der Waals surface area contributed by atoms with Crippen LogP contribution >= 0.6 is 23.2 Å². The Morgan fingerprint density at radius 3 is 2.86 bits per heavy atom. The van der Waals surface area contributed by atoms with Crippen LogP contribution in [0.25, 0.3) is 0 Å². The molecule has 1 aromatic carbocycles. The second-order valence-corrected chi connectivity index (χ2v) is 7.42. The first-order valence-corrected chi connectivity index (χ1v) is 9.75. The zero-order valence-corrected chi connectivity index (χ0v) is 17.0. The first-order chi connectivity index (χ1) is 13.5. The molecule has 1 aromatic heterocycles. The molecule has 6 nitrogen and oxygen atoms in total. The molecular weight excluding hydrogens is 401 g/mol. The van der Waals surface area contributed by atoms with Gasteiger partial charge in [0.2, 0.25) is 11.8 Å². The molecule has 2 heterocycles. The summed E-state index contributed by atoms with van der Waals surface area (Å²) in [7, 11) is 1.54. The predicted octanol–water partition coefficient (Wildman–Crippen LogP) is 3.57. The molecule has 3 rings (SSSR count). The molecule has 1 N–H and O–H groups in total. The molecule has 0 spiro atoms. The minimum Gasteiger partial charge on any atom is -0.481 e. The van der Waals surface area contributed by atoms with Crippen molar-refractivity contribution in [3.05, 3.63) is 57.7 Å². The van der Waals surface area contributed by atoms with Gasteiger partial charge in [-0.05, 0) is 37.1 Å². The van der Waals surface area contributed by atoms with Crippen molar-refractivity contribution in [2.24, 2.45) is 5.92 Å². The highest BCUT2D eigenvalue weighted by Gasteiger charge is 2.29. The van der Waals surface area contributed by atoms with E-state index >= 15 is 0 Å². The first-order valence-electron chi connectivity index (χ1n) is 8.99. The van der Waals surface area contributed by atoms with E-state index in [1.54, 1.807) is 42.5 Å². The van der Waals surface area contributed by atoms with Crippen molar-refractivity contribution in [3.63, 3.8) is 0 Å². The first kappa shape index (κ1) is 20.4. The van der Waals surface area contributed by atoms with E-state index in [1.807, 2.05) is 6.07 Å². The van der Waals surface area contributed by atoms with Crippen molar-refractivity contribution < 1.29 is 14.3 Å². The third-order valence-electron chi connectivity index (χ3n) is 4.74. The lowest BCUT2D eigenvalue weighted by atomic mass is 9.96. The number of pyridine rings is 1. The molecular formula is C20H21Cl2N3O3. The van der Waals surface area contributed by atoms with Crippen LogP contribution in [-0.4, -0.2) is 41.9 Å². The summed E-state index contributed by atoms with van der Waals surface area (Å²) in [4.78, 5) is 31.2. The maximum Gasteiger partial charge on any atom is 0.253 e. The molecule has 1 saturated heterocycles. The number of hydrogen-bond donors (Lipinski definition) is 1. The molecule has 28 heavy (non-hydrogen) atoms. The molecule has 1 aliphatic rings. The summed E-state index contributed by atoms with van der Waals surface area (Å²) >= 11 is 11.9. The number of ether oxygens (including phenoxy) is 1. The number of halogens is 2. The number of amides is 2. The highest BCUT2D eigenvalue weighted by atomic mass is 35.5. The maximum atomic E-state index is 12.8. The highest BCUT2D eigenvalue weighted by Crippen LogP contribution is 2.25. The van der Waals surface area contributed by atoms with E-state index in [0.29, 0.717) is 41.1 Å². The van der Waals surface area contributed by atoms with Crippen molar-refractivity contribution in [1.29, 1.82) is 0 Å². The number of piperidine rings is 1. The van der Waals surface area contributed by atoms with Gasteiger partial charge in [0.1, 0.15) is 0 Å². The number of aromatic nitrogens is 1. The number of carbonyl (C=O) groups excluding carboxylic acids is 2. The summed E-state index contributed by atoms with van der Waals surface area (Å²) in [5, 5.41) is 3.66. The molecule has 1 aliphatic heterocycles. The van der Waals surface area contributed by atoms with Gasteiger partial charge in [-0.15, -0.1) is 0 Å². The Morgan fingerprint density at radius 1 is 1.29 bits per heavy atom. The van der Waals surface area contributed by atoms with Crippen LogP contribution in [0.3, 0.4) is 0 Å². The minimum absolute atomic E-state index is 0.0856. The fourth-order valence-electron chi connectivity index (χ4n) is 3.26. The van der Waals surface area contributed by atoms with Gasteiger partial charge in [0.25, 0.3) is 5.91 Å². The Morgan fingerprint density at radius 2 is 2.11 bits per heavy atom. The van der Waals surface area contributed by atoms with Gasteiger partial charge in [-0.25, -0.2) is 4.98 Å². The van der Waals surface area contributed by atoms with Crippen LogP contribution in [0.2, 0.25) is 10.0 Å². The standard InChI is InChI=1S/C20H21Cl2N3O3/c1-28-19-14(4-2-8-23-19)11-24-18(26)15-5-3-9-25(12-15)20(27)13-6-7-16(21)17(22)10-13/h2,4,6-8,10,15H,3,5,9,11-12H2,1H3,(H,24,26). The molecule has 0 bridgehead atoms. The molecule has 2 amide bonds. The largest absolute Gasteiger partial charge is 0.481 e. The minimum atomic E-state index is -0.261. The molecule has 148 valence electrons. The quantitative estimate of drug-likeness (QED) is 0.800. The number of methoxy groups -OCH3 is 1.